The van der Waals surface area contributed by atoms with Crippen molar-refractivity contribution in [2.45, 2.75) is 12.3 Å². The third-order valence-electron chi connectivity index (χ3n) is 3.25. The van der Waals surface area contributed by atoms with Crippen LogP contribution in [0.5, 0.6) is 5.75 Å². The second-order valence-electron chi connectivity index (χ2n) is 4.61. The van der Waals surface area contributed by atoms with Crippen LogP contribution in [0.2, 0.25) is 5.02 Å². The number of aromatic hydroxyl groups is 1. The predicted molar refractivity (Wildman–Crippen MR) is 71.3 cm³/mol. The molecule has 2 unspecified atom stereocenters. The summed E-state index contributed by atoms with van der Waals surface area (Å²) in [4.78, 5) is 12.0. The van der Waals surface area contributed by atoms with E-state index in [1.54, 1.807) is 12.3 Å². The molecule has 4 nitrogen and oxygen atoms in total. The van der Waals surface area contributed by atoms with Gasteiger partial charge in [-0.25, -0.2) is 0 Å². The molecule has 1 aromatic carbocycles. The molecule has 3 rings (SSSR count). The number of carbonyl (C=O) groups excluding carboxylic acids is 1. The second kappa shape index (κ2) is 4.63. The van der Waals surface area contributed by atoms with Crippen LogP contribution >= 0.6 is 11.6 Å². The number of anilines is 1. The lowest BCUT2D eigenvalue weighted by molar-refractivity contribution is -0.117. The number of furan rings is 1. The highest BCUT2D eigenvalue weighted by molar-refractivity contribution is 6.31. The normalized spacial score (nSPS) is 21.1. The van der Waals surface area contributed by atoms with Gasteiger partial charge in [0.05, 0.1) is 12.0 Å². The molecule has 0 saturated heterocycles. The summed E-state index contributed by atoms with van der Waals surface area (Å²) in [6.07, 6.45) is 2.37. The molecule has 19 heavy (non-hydrogen) atoms. The molecule has 1 aliphatic rings. The first kappa shape index (κ1) is 12.1. The van der Waals surface area contributed by atoms with Crippen molar-refractivity contribution in [3.05, 3.63) is 47.4 Å². The van der Waals surface area contributed by atoms with Crippen molar-refractivity contribution in [2.24, 2.45) is 5.92 Å². The van der Waals surface area contributed by atoms with Crippen molar-refractivity contribution in [2.75, 3.05) is 5.32 Å². The van der Waals surface area contributed by atoms with Crippen LogP contribution in [0, 0.1) is 5.92 Å². The number of hydrogen-bond donors (Lipinski definition) is 2. The summed E-state index contributed by atoms with van der Waals surface area (Å²) < 4.78 is 5.28. The quantitative estimate of drug-likeness (QED) is 0.846. The smallest absolute Gasteiger partial charge is 0.228 e. The molecule has 5 heteroatoms. The minimum atomic E-state index is -0.126. The zero-order valence-corrected chi connectivity index (χ0v) is 10.7. The predicted octanol–water partition coefficient (Wildman–Crippen LogP) is 3.38. The average molecular weight is 278 g/mol. The van der Waals surface area contributed by atoms with Gasteiger partial charge in [-0.05, 0) is 36.8 Å². The minimum Gasteiger partial charge on any atom is -0.506 e. The third-order valence-corrected chi connectivity index (χ3v) is 3.49. The lowest BCUT2D eigenvalue weighted by Crippen LogP contribution is -2.14. The van der Waals surface area contributed by atoms with Crippen LogP contribution in [-0.4, -0.2) is 11.0 Å². The number of nitrogens with one attached hydrogen (secondary N) is 1. The number of rotatable bonds is 3. The highest BCUT2D eigenvalue weighted by Crippen LogP contribution is 2.48. The largest absolute Gasteiger partial charge is 0.506 e. The maximum atomic E-state index is 12.0. The van der Waals surface area contributed by atoms with Gasteiger partial charge in [0.2, 0.25) is 5.91 Å². The van der Waals surface area contributed by atoms with Gasteiger partial charge in [-0.15, -0.1) is 0 Å². The Bertz CT molecular complexity index is 609. The SMILES string of the molecule is O=C(Nc1cc(Cl)ccc1O)C1CC1c1ccco1. The maximum Gasteiger partial charge on any atom is 0.228 e. The number of phenolic OH excluding ortho intramolecular Hbond substituents is 1. The van der Waals surface area contributed by atoms with E-state index in [4.69, 9.17) is 16.0 Å². The standard InChI is InChI=1S/C14H12ClNO3/c15-8-3-4-12(17)11(6-8)16-14(18)10-7-9(10)13-2-1-5-19-13/h1-6,9-10,17H,7H2,(H,16,18). The summed E-state index contributed by atoms with van der Waals surface area (Å²) in [6, 6.07) is 8.23. The lowest BCUT2D eigenvalue weighted by Gasteiger charge is -2.07. The molecular weight excluding hydrogens is 266 g/mol. The molecule has 2 atom stereocenters. The zero-order valence-electron chi connectivity index (χ0n) is 9.97. The molecule has 1 saturated carbocycles. The number of hydrogen-bond acceptors (Lipinski definition) is 3. The first-order chi connectivity index (χ1) is 9.15. The number of halogens is 1. The van der Waals surface area contributed by atoms with Crippen molar-refractivity contribution < 1.29 is 14.3 Å². The van der Waals surface area contributed by atoms with Crippen LogP contribution in [0.15, 0.2) is 41.0 Å². The van der Waals surface area contributed by atoms with Crippen LogP contribution in [0.25, 0.3) is 0 Å². The molecule has 1 fully saturated rings. The van der Waals surface area contributed by atoms with Gasteiger partial charge in [0.1, 0.15) is 11.5 Å². The lowest BCUT2D eigenvalue weighted by atomic mass is 10.2. The van der Waals surface area contributed by atoms with E-state index in [9.17, 15) is 9.90 Å². The summed E-state index contributed by atoms with van der Waals surface area (Å²) in [5, 5.41) is 12.8. The van der Waals surface area contributed by atoms with Crippen molar-refractivity contribution in [1.82, 2.24) is 0 Å². The zero-order chi connectivity index (χ0) is 13.4. The minimum absolute atomic E-state index is 0.00736. The van der Waals surface area contributed by atoms with Gasteiger partial charge in [0, 0.05) is 16.9 Å². The summed E-state index contributed by atoms with van der Waals surface area (Å²) in [6.45, 7) is 0. The third kappa shape index (κ3) is 2.44. The summed E-state index contributed by atoms with van der Waals surface area (Å²) >= 11 is 5.83. The Morgan fingerprint density at radius 1 is 1.42 bits per heavy atom. The molecule has 1 heterocycles. The Balaban J connectivity index is 1.68. The van der Waals surface area contributed by atoms with Crippen LogP contribution in [-0.2, 0) is 4.79 Å². The monoisotopic (exact) mass is 277 g/mol. The number of phenols is 1. The van der Waals surface area contributed by atoms with Gasteiger partial charge in [-0.3, -0.25) is 4.79 Å². The molecule has 98 valence electrons. The van der Waals surface area contributed by atoms with Crippen molar-refractivity contribution in [1.29, 1.82) is 0 Å². The Morgan fingerprint density at radius 2 is 2.26 bits per heavy atom. The number of benzene rings is 1. The van der Waals surface area contributed by atoms with Gasteiger partial charge in [-0.1, -0.05) is 11.6 Å². The molecule has 2 N–H and O–H groups in total. The van der Waals surface area contributed by atoms with E-state index >= 15 is 0 Å². The van der Waals surface area contributed by atoms with E-state index in [2.05, 4.69) is 5.32 Å². The van der Waals surface area contributed by atoms with E-state index in [0.717, 1.165) is 12.2 Å². The molecule has 1 aliphatic carbocycles. The average Bonchev–Trinajstić information content (AvgIpc) is 3.00. The van der Waals surface area contributed by atoms with Crippen molar-refractivity contribution in [3.8, 4) is 5.75 Å². The van der Waals surface area contributed by atoms with E-state index in [-0.39, 0.29) is 23.5 Å². The molecule has 0 spiro atoms. The molecule has 0 radical (unpaired) electrons. The first-order valence-electron chi connectivity index (χ1n) is 5.98. The molecule has 1 aromatic heterocycles. The summed E-state index contributed by atoms with van der Waals surface area (Å²) in [5.74, 6) is 0.739. The van der Waals surface area contributed by atoms with Gasteiger partial charge in [-0.2, -0.15) is 0 Å². The van der Waals surface area contributed by atoms with Crippen molar-refractivity contribution in [3.63, 3.8) is 0 Å². The molecular formula is C14H12ClNO3. The summed E-state index contributed by atoms with van der Waals surface area (Å²) in [5.41, 5.74) is 0.336. The Morgan fingerprint density at radius 3 is 3.00 bits per heavy atom. The first-order valence-corrected chi connectivity index (χ1v) is 6.36. The van der Waals surface area contributed by atoms with Crippen molar-refractivity contribution >= 4 is 23.2 Å². The van der Waals surface area contributed by atoms with Crippen LogP contribution in [0.3, 0.4) is 0 Å². The van der Waals surface area contributed by atoms with E-state index in [1.807, 2.05) is 12.1 Å². The van der Waals surface area contributed by atoms with Gasteiger partial charge < -0.3 is 14.8 Å². The van der Waals surface area contributed by atoms with Gasteiger partial charge >= 0.3 is 0 Å². The molecule has 0 aliphatic heterocycles. The van der Waals surface area contributed by atoms with Crippen LogP contribution in [0.4, 0.5) is 5.69 Å². The Labute approximate surface area is 115 Å². The number of amides is 1. The second-order valence-corrected chi connectivity index (χ2v) is 5.05. The Kier molecular flexibility index (Phi) is 2.95. The molecule has 0 bridgehead atoms. The summed E-state index contributed by atoms with van der Waals surface area (Å²) in [7, 11) is 0. The fraction of sp³-hybridized carbons (Fsp3) is 0.214. The topological polar surface area (TPSA) is 62.5 Å². The van der Waals surface area contributed by atoms with Gasteiger partial charge in [0.15, 0.2) is 0 Å². The fourth-order valence-corrected chi connectivity index (χ4v) is 2.31. The fourth-order valence-electron chi connectivity index (χ4n) is 2.14. The highest BCUT2D eigenvalue weighted by Gasteiger charge is 2.45. The van der Waals surface area contributed by atoms with E-state index in [1.165, 1.54) is 12.1 Å². The van der Waals surface area contributed by atoms with Crippen LogP contribution < -0.4 is 5.32 Å². The Hall–Kier alpha value is -1.94. The highest BCUT2D eigenvalue weighted by atomic mass is 35.5. The molecule has 2 aromatic rings. The maximum absolute atomic E-state index is 12.0. The number of carbonyl (C=O) groups is 1. The van der Waals surface area contributed by atoms with Crippen LogP contribution in [0.1, 0.15) is 18.1 Å². The van der Waals surface area contributed by atoms with E-state index < -0.39 is 0 Å². The van der Waals surface area contributed by atoms with Gasteiger partial charge in [0.25, 0.3) is 0 Å². The van der Waals surface area contributed by atoms with E-state index in [0.29, 0.717) is 10.7 Å². The molecule has 1 amide bonds.